The van der Waals surface area contributed by atoms with Gasteiger partial charge in [-0.05, 0) is 43.2 Å². The maximum atomic E-state index is 11.5. The molecule has 4 rings (SSSR count). The molecule has 0 bridgehead atoms. The number of nitrogens with one attached hydrogen (secondary N) is 2. The third kappa shape index (κ3) is 3.52. The highest BCUT2D eigenvalue weighted by atomic mass is 32.2. The van der Waals surface area contributed by atoms with Crippen LogP contribution in [0.15, 0.2) is 57.4 Å². The first-order valence-electron chi connectivity index (χ1n) is 8.19. The average Bonchev–Trinajstić information content (AvgIpc) is 2.96. The molecule has 0 radical (unpaired) electrons. The maximum Gasteiger partial charge on any atom is 0.152 e. The Bertz CT molecular complexity index is 955. The second-order valence-corrected chi connectivity index (χ2v) is 9.67. The van der Waals surface area contributed by atoms with E-state index in [2.05, 4.69) is 40.1 Å². The number of sulfone groups is 1. The summed E-state index contributed by atoms with van der Waals surface area (Å²) in [7, 11) is -2.89. The standard InChI is InChI=1S/C18H19N3O2S2/c1-12(20-21-14-8-9-25(22,23)11-14)13-6-7-18-16(10-13)19-15-4-2-3-5-17(15)24-18/h2-7,10,14,19,21H,8-9,11H2,1H3. The molecule has 2 N–H and O–H groups in total. The maximum absolute atomic E-state index is 11.5. The monoisotopic (exact) mass is 373 g/mol. The van der Waals surface area contributed by atoms with Gasteiger partial charge in [0, 0.05) is 9.79 Å². The molecule has 25 heavy (non-hydrogen) atoms. The van der Waals surface area contributed by atoms with Gasteiger partial charge < -0.3 is 10.7 Å². The predicted octanol–water partition coefficient (Wildman–Crippen LogP) is 3.40. The van der Waals surface area contributed by atoms with Gasteiger partial charge in [-0.1, -0.05) is 30.0 Å². The largest absolute Gasteiger partial charge is 0.354 e. The van der Waals surface area contributed by atoms with Crippen LogP contribution < -0.4 is 10.7 Å². The van der Waals surface area contributed by atoms with Gasteiger partial charge in [0.15, 0.2) is 9.84 Å². The molecule has 2 aliphatic heterocycles. The molecule has 0 aliphatic carbocycles. The molecule has 2 aromatic carbocycles. The smallest absolute Gasteiger partial charge is 0.152 e. The summed E-state index contributed by atoms with van der Waals surface area (Å²) >= 11 is 1.75. The third-order valence-electron chi connectivity index (χ3n) is 4.42. The van der Waals surface area contributed by atoms with E-state index in [9.17, 15) is 8.42 Å². The van der Waals surface area contributed by atoms with Crippen LogP contribution in [0.1, 0.15) is 18.9 Å². The van der Waals surface area contributed by atoms with Gasteiger partial charge >= 0.3 is 0 Å². The molecule has 0 aromatic heterocycles. The van der Waals surface area contributed by atoms with Crippen molar-refractivity contribution >= 4 is 38.7 Å². The Kier molecular flexibility index (Phi) is 4.21. The zero-order valence-electron chi connectivity index (χ0n) is 13.8. The number of benzene rings is 2. The number of para-hydroxylation sites is 1. The fraction of sp³-hybridized carbons (Fsp3) is 0.278. The summed E-state index contributed by atoms with van der Waals surface area (Å²) in [6.45, 7) is 1.93. The van der Waals surface area contributed by atoms with Crippen LogP contribution in [0.3, 0.4) is 0 Å². The SMILES string of the molecule is CC(=NNC1CCS(=O)(=O)C1)c1ccc2c(c1)Nc1ccccc1S2. The first-order chi connectivity index (χ1) is 12.0. The summed E-state index contributed by atoms with van der Waals surface area (Å²) in [5.74, 6) is 0.418. The predicted molar refractivity (Wildman–Crippen MR) is 103 cm³/mol. The Morgan fingerprint density at radius 3 is 2.80 bits per heavy atom. The van der Waals surface area contributed by atoms with Crippen molar-refractivity contribution in [3.63, 3.8) is 0 Å². The van der Waals surface area contributed by atoms with Gasteiger partial charge in [-0.2, -0.15) is 5.10 Å². The van der Waals surface area contributed by atoms with Gasteiger partial charge in [0.2, 0.25) is 0 Å². The molecule has 1 saturated heterocycles. The van der Waals surface area contributed by atoms with E-state index < -0.39 is 9.84 Å². The zero-order chi connectivity index (χ0) is 17.4. The van der Waals surface area contributed by atoms with Crippen molar-refractivity contribution in [2.24, 2.45) is 5.10 Å². The van der Waals surface area contributed by atoms with Crippen molar-refractivity contribution in [3.8, 4) is 0 Å². The third-order valence-corrected chi connectivity index (χ3v) is 7.34. The molecule has 130 valence electrons. The Morgan fingerprint density at radius 2 is 2.00 bits per heavy atom. The van der Waals surface area contributed by atoms with Crippen LogP contribution in [0.5, 0.6) is 0 Å². The van der Waals surface area contributed by atoms with Gasteiger partial charge in [0.05, 0.1) is 34.6 Å². The number of hydrogen-bond donors (Lipinski definition) is 2. The van der Waals surface area contributed by atoms with Crippen molar-refractivity contribution in [2.45, 2.75) is 29.2 Å². The van der Waals surface area contributed by atoms with Crippen LogP contribution >= 0.6 is 11.8 Å². The number of hydrogen-bond acceptors (Lipinski definition) is 6. The Morgan fingerprint density at radius 1 is 1.20 bits per heavy atom. The molecular weight excluding hydrogens is 354 g/mol. The molecule has 2 aliphatic rings. The van der Waals surface area contributed by atoms with Crippen LogP contribution in [0.4, 0.5) is 11.4 Å². The summed E-state index contributed by atoms with van der Waals surface area (Å²) in [6.07, 6.45) is 0.623. The Balaban J connectivity index is 1.51. The summed E-state index contributed by atoms with van der Waals surface area (Å²) in [5.41, 5.74) is 7.05. The lowest BCUT2D eigenvalue weighted by molar-refractivity contribution is 0.577. The van der Waals surface area contributed by atoms with Crippen LogP contribution in [-0.4, -0.2) is 31.7 Å². The van der Waals surface area contributed by atoms with Crippen LogP contribution in [0, 0.1) is 0 Å². The van der Waals surface area contributed by atoms with E-state index in [4.69, 9.17) is 0 Å². The van der Waals surface area contributed by atoms with Crippen LogP contribution in [0.2, 0.25) is 0 Å². The lowest BCUT2D eigenvalue weighted by atomic mass is 10.1. The molecule has 2 heterocycles. The number of anilines is 2. The topological polar surface area (TPSA) is 70.6 Å². The van der Waals surface area contributed by atoms with E-state index in [1.807, 2.05) is 25.1 Å². The van der Waals surface area contributed by atoms with Crippen molar-refractivity contribution in [2.75, 3.05) is 16.8 Å². The van der Waals surface area contributed by atoms with Crippen LogP contribution in [0.25, 0.3) is 0 Å². The number of hydrazone groups is 1. The highest BCUT2D eigenvalue weighted by Crippen LogP contribution is 2.44. The molecule has 1 atom stereocenters. The number of rotatable bonds is 3. The van der Waals surface area contributed by atoms with E-state index in [0.717, 1.165) is 22.6 Å². The van der Waals surface area contributed by atoms with Crippen molar-refractivity contribution in [3.05, 3.63) is 48.0 Å². The van der Waals surface area contributed by atoms with Gasteiger partial charge in [-0.25, -0.2) is 8.42 Å². The molecule has 1 unspecified atom stereocenters. The highest BCUT2D eigenvalue weighted by molar-refractivity contribution is 7.99. The summed E-state index contributed by atoms with van der Waals surface area (Å²) in [4.78, 5) is 2.40. The molecule has 7 heteroatoms. The van der Waals surface area contributed by atoms with Gasteiger partial charge in [0.25, 0.3) is 0 Å². The average molecular weight is 374 g/mol. The van der Waals surface area contributed by atoms with Crippen molar-refractivity contribution in [1.29, 1.82) is 0 Å². The minimum absolute atomic E-state index is 0.0851. The minimum Gasteiger partial charge on any atom is -0.354 e. The second kappa shape index (κ2) is 6.38. The van der Waals surface area contributed by atoms with E-state index >= 15 is 0 Å². The second-order valence-electron chi connectivity index (χ2n) is 6.36. The quantitative estimate of drug-likeness (QED) is 0.544. The fourth-order valence-corrected chi connectivity index (χ4v) is 5.65. The Labute approximate surface area is 151 Å². The van der Waals surface area contributed by atoms with Crippen LogP contribution in [-0.2, 0) is 9.84 Å². The van der Waals surface area contributed by atoms with E-state index in [0.29, 0.717) is 6.42 Å². The molecule has 0 saturated carbocycles. The van der Waals surface area contributed by atoms with Gasteiger partial charge in [0.1, 0.15) is 0 Å². The molecule has 2 aromatic rings. The van der Waals surface area contributed by atoms with Crippen molar-refractivity contribution in [1.82, 2.24) is 5.43 Å². The lowest BCUT2D eigenvalue weighted by Gasteiger charge is -2.21. The molecule has 5 nitrogen and oxygen atoms in total. The Hall–Kier alpha value is -1.99. The first kappa shape index (κ1) is 16.5. The molecule has 0 spiro atoms. The minimum atomic E-state index is -2.89. The molecule has 1 fully saturated rings. The van der Waals surface area contributed by atoms with Gasteiger partial charge in [-0.15, -0.1) is 0 Å². The van der Waals surface area contributed by atoms with E-state index in [1.54, 1.807) is 11.8 Å². The van der Waals surface area contributed by atoms with E-state index in [1.165, 1.54) is 9.79 Å². The van der Waals surface area contributed by atoms with Crippen molar-refractivity contribution < 1.29 is 8.42 Å². The fourth-order valence-electron chi connectivity index (χ4n) is 3.01. The van der Waals surface area contributed by atoms with Gasteiger partial charge in [-0.3, -0.25) is 0 Å². The summed E-state index contributed by atoms with van der Waals surface area (Å²) in [5, 5.41) is 7.87. The highest BCUT2D eigenvalue weighted by Gasteiger charge is 2.27. The molecular formula is C18H19N3O2S2. The first-order valence-corrected chi connectivity index (χ1v) is 10.8. The summed E-state index contributed by atoms with van der Waals surface area (Å²) in [6, 6.07) is 14.4. The normalized spacial score (nSPS) is 21.2. The number of fused-ring (bicyclic) bond motifs is 2. The zero-order valence-corrected chi connectivity index (χ0v) is 15.5. The molecule has 0 amide bonds. The van der Waals surface area contributed by atoms with E-state index in [-0.39, 0.29) is 17.5 Å². The summed E-state index contributed by atoms with van der Waals surface area (Å²) < 4.78 is 23.0. The lowest BCUT2D eigenvalue weighted by Crippen LogP contribution is -2.26. The number of nitrogens with zero attached hydrogens (tertiary/aromatic N) is 1.